The number of nitrogens with one attached hydrogen (secondary N) is 1. The first-order valence-electron chi connectivity index (χ1n) is 6.99. The van der Waals surface area contributed by atoms with Crippen molar-refractivity contribution in [2.75, 3.05) is 52.9 Å². The summed E-state index contributed by atoms with van der Waals surface area (Å²) in [5.74, 6) is -0.0946. The molecule has 1 aliphatic heterocycles. The SMILES string of the molecule is CCOC(=O)C(CC)N(C)CCN1CCNCC1. The van der Waals surface area contributed by atoms with Gasteiger partial charge in [-0.2, -0.15) is 0 Å². The highest BCUT2D eigenvalue weighted by molar-refractivity contribution is 5.75. The molecule has 0 aromatic carbocycles. The van der Waals surface area contributed by atoms with Crippen LogP contribution < -0.4 is 5.32 Å². The average molecular weight is 257 g/mol. The molecule has 1 unspecified atom stereocenters. The molecule has 0 spiro atoms. The van der Waals surface area contributed by atoms with Crippen LogP contribution in [0.15, 0.2) is 0 Å². The topological polar surface area (TPSA) is 44.8 Å². The molecule has 0 bridgehead atoms. The number of hydrogen-bond acceptors (Lipinski definition) is 5. The second-order valence-corrected chi connectivity index (χ2v) is 4.75. The molecule has 1 saturated heterocycles. The van der Waals surface area contributed by atoms with Gasteiger partial charge in [0.2, 0.25) is 0 Å². The fraction of sp³-hybridized carbons (Fsp3) is 0.923. The average Bonchev–Trinajstić information content (AvgIpc) is 2.39. The third kappa shape index (κ3) is 4.92. The molecule has 1 fully saturated rings. The molecule has 0 amide bonds. The fourth-order valence-electron chi connectivity index (χ4n) is 2.29. The summed E-state index contributed by atoms with van der Waals surface area (Å²) in [6.07, 6.45) is 0.802. The van der Waals surface area contributed by atoms with Gasteiger partial charge in [-0.3, -0.25) is 14.6 Å². The van der Waals surface area contributed by atoms with E-state index in [1.165, 1.54) is 0 Å². The smallest absolute Gasteiger partial charge is 0.323 e. The van der Waals surface area contributed by atoms with Crippen LogP contribution in [0.1, 0.15) is 20.3 Å². The normalized spacial score (nSPS) is 18.9. The van der Waals surface area contributed by atoms with E-state index in [-0.39, 0.29) is 12.0 Å². The summed E-state index contributed by atoms with van der Waals surface area (Å²) in [5, 5.41) is 3.34. The van der Waals surface area contributed by atoms with Gasteiger partial charge in [0.05, 0.1) is 6.61 Å². The molecule has 0 saturated carbocycles. The third-order valence-corrected chi connectivity index (χ3v) is 3.46. The molecule has 1 aliphatic rings. The Balaban J connectivity index is 2.32. The standard InChI is InChI=1S/C13H27N3O2/c1-4-12(13(17)18-5-2)15(3)10-11-16-8-6-14-7-9-16/h12,14H,4-11H2,1-3H3. The largest absolute Gasteiger partial charge is 0.465 e. The van der Waals surface area contributed by atoms with Gasteiger partial charge >= 0.3 is 5.97 Å². The Morgan fingerprint density at radius 3 is 2.61 bits per heavy atom. The van der Waals surface area contributed by atoms with Crippen molar-refractivity contribution in [2.24, 2.45) is 0 Å². The van der Waals surface area contributed by atoms with E-state index in [9.17, 15) is 4.79 Å². The highest BCUT2D eigenvalue weighted by atomic mass is 16.5. The monoisotopic (exact) mass is 257 g/mol. The van der Waals surface area contributed by atoms with Gasteiger partial charge in [-0.05, 0) is 20.4 Å². The summed E-state index contributed by atoms with van der Waals surface area (Å²) >= 11 is 0. The van der Waals surface area contributed by atoms with E-state index in [2.05, 4.69) is 15.1 Å². The summed E-state index contributed by atoms with van der Waals surface area (Å²) in [7, 11) is 2.01. The molecule has 0 radical (unpaired) electrons. The minimum atomic E-state index is -0.104. The first kappa shape index (κ1) is 15.4. The van der Waals surface area contributed by atoms with Crippen molar-refractivity contribution in [3.8, 4) is 0 Å². The summed E-state index contributed by atoms with van der Waals surface area (Å²) in [6, 6.07) is -0.104. The minimum absolute atomic E-state index is 0.0946. The second-order valence-electron chi connectivity index (χ2n) is 4.75. The second kappa shape index (κ2) is 8.45. The Kier molecular flexibility index (Phi) is 7.23. The van der Waals surface area contributed by atoms with Crippen molar-refractivity contribution < 1.29 is 9.53 Å². The Hall–Kier alpha value is -0.650. The third-order valence-electron chi connectivity index (χ3n) is 3.46. The van der Waals surface area contributed by atoms with Crippen molar-refractivity contribution in [3.05, 3.63) is 0 Å². The summed E-state index contributed by atoms with van der Waals surface area (Å²) in [4.78, 5) is 16.3. The van der Waals surface area contributed by atoms with Gasteiger partial charge in [0.15, 0.2) is 0 Å². The molecular weight excluding hydrogens is 230 g/mol. The zero-order chi connectivity index (χ0) is 13.4. The molecule has 0 aromatic heterocycles. The van der Waals surface area contributed by atoms with Gasteiger partial charge in [0.1, 0.15) is 6.04 Å². The zero-order valence-corrected chi connectivity index (χ0v) is 11.9. The summed E-state index contributed by atoms with van der Waals surface area (Å²) < 4.78 is 5.10. The van der Waals surface area contributed by atoms with E-state index < -0.39 is 0 Å². The van der Waals surface area contributed by atoms with Crippen LogP contribution in [0.4, 0.5) is 0 Å². The Bertz CT molecular complexity index is 242. The lowest BCUT2D eigenvalue weighted by Gasteiger charge is -2.31. The molecule has 1 heterocycles. The van der Waals surface area contributed by atoms with E-state index in [0.717, 1.165) is 45.7 Å². The first-order chi connectivity index (χ1) is 8.69. The Morgan fingerprint density at radius 2 is 2.06 bits per heavy atom. The van der Waals surface area contributed by atoms with Crippen LogP contribution in [-0.4, -0.2) is 74.7 Å². The zero-order valence-electron chi connectivity index (χ0n) is 11.9. The number of likely N-dealkylation sites (N-methyl/N-ethyl adjacent to an activating group) is 1. The maximum atomic E-state index is 11.8. The van der Waals surface area contributed by atoms with Crippen molar-refractivity contribution in [3.63, 3.8) is 0 Å². The van der Waals surface area contributed by atoms with Crippen LogP contribution in [-0.2, 0) is 9.53 Å². The number of hydrogen-bond donors (Lipinski definition) is 1. The van der Waals surface area contributed by atoms with Gasteiger partial charge in [0, 0.05) is 39.3 Å². The van der Waals surface area contributed by atoms with Crippen LogP contribution in [0, 0.1) is 0 Å². The number of piperazine rings is 1. The molecule has 0 aromatic rings. The molecule has 1 atom stereocenters. The molecule has 106 valence electrons. The van der Waals surface area contributed by atoms with Crippen molar-refractivity contribution in [1.29, 1.82) is 0 Å². The first-order valence-corrected chi connectivity index (χ1v) is 6.99. The number of ether oxygens (including phenoxy) is 1. The van der Waals surface area contributed by atoms with Crippen LogP contribution in [0.25, 0.3) is 0 Å². The maximum absolute atomic E-state index is 11.8. The summed E-state index contributed by atoms with van der Waals surface area (Å²) in [5.41, 5.74) is 0. The highest BCUT2D eigenvalue weighted by Gasteiger charge is 2.22. The van der Waals surface area contributed by atoms with E-state index in [0.29, 0.717) is 6.61 Å². The lowest BCUT2D eigenvalue weighted by Crippen LogP contribution is -2.48. The van der Waals surface area contributed by atoms with Gasteiger partial charge in [-0.15, -0.1) is 0 Å². The molecule has 1 N–H and O–H groups in total. The fourth-order valence-corrected chi connectivity index (χ4v) is 2.29. The van der Waals surface area contributed by atoms with Crippen LogP contribution in [0.5, 0.6) is 0 Å². The predicted octanol–water partition coefficient (Wildman–Crippen LogP) is 0.165. The van der Waals surface area contributed by atoms with Crippen molar-refractivity contribution >= 4 is 5.97 Å². The van der Waals surface area contributed by atoms with Gasteiger partial charge < -0.3 is 10.1 Å². The number of carbonyl (C=O) groups excluding carboxylic acids is 1. The van der Waals surface area contributed by atoms with Gasteiger partial charge in [-0.25, -0.2) is 0 Å². The molecule has 18 heavy (non-hydrogen) atoms. The molecule has 5 nitrogen and oxygen atoms in total. The van der Waals surface area contributed by atoms with Crippen LogP contribution >= 0.6 is 0 Å². The minimum Gasteiger partial charge on any atom is -0.465 e. The lowest BCUT2D eigenvalue weighted by molar-refractivity contribution is -0.149. The van der Waals surface area contributed by atoms with Crippen LogP contribution in [0.3, 0.4) is 0 Å². The maximum Gasteiger partial charge on any atom is 0.323 e. The highest BCUT2D eigenvalue weighted by Crippen LogP contribution is 2.05. The quantitative estimate of drug-likeness (QED) is 0.659. The lowest BCUT2D eigenvalue weighted by atomic mass is 10.2. The van der Waals surface area contributed by atoms with E-state index in [1.807, 2.05) is 20.9 Å². The Labute approximate surface area is 110 Å². The van der Waals surface area contributed by atoms with E-state index in [4.69, 9.17) is 4.74 Å². The van der Waals surface area contributed by atoms with Gasteiger partial charge in [0.25, 0.3) is 0 Å². The number of carbonyl (C=O) groups is 1. The number of esters is 1. The Morgan fingerprint density at radius 1 is 1.39 bits per heavy atom. The predicted molar refractivity (Wildman–Crippen MR) is 72.7 cm³/mol. The van der Waals surface area contributed by atoms with Crippen LogP contribution in [0.2, 0.25) is 0 Å². The number of nitrogens with zero attached hydrogens (tertiary/aromatic N) is 2. The number of rotatable bonds is 7. The van der Waals surface area contributed by atoms with E-state index >= 15 is 0 Å². The molecular formula is C13H27N3O2. The van der Waals surface area contributed by atoms with E-state index in [1.54, 1.807) is 0 Å². The van der Waals surface area contributed by atoms with Crippen molar-refractivity contribution in [1.82, 2.24) is 15.1 Å². The molecule has 0 aliphatic carbocycles. The summed E-state index contributed by atoms with van der Waals surface area (Å²) in [6.45, 7) is 10.6. The van der Waals surface area contributed by atoms with Gasteiger partial charge in [-0.1, -0.05) is 6.92 Å². The molecule has 5 heteroatoms. The van der Waals surface area contributed by atoms with Crippen molar-refractivity contribution in [2.45, 2.75) is 26.3 Å². The molecule has 1 rings (SSSR count).